The fourth-order valence-corrected chi connectivity index (χ4v) is 2.15. The van der Waals surface area contributed by atoms with E-state index in [1.165, 1.54) is 12.1 Å². The highest BCUT2D eigenvalue weighted by Crippen LogP contribution is 2.22. The lowest BCUT2D eigenvalue weighted by atomic mass is 10.0. The van der Waals surface area contributed by atoms with Crippen molar-refractivity contribution in [3.05, 3.63) is 35.4 Å². The number of nitrogens with two attached hydrogens (primary N) is 1. The van der Waals surface area contributed by atoms with Crippen LogP contribution in [-0.4, -0.2) is 37.7 Å². The summed E-state index contributed by atoms with van der Waals surface area (Å²) in [7, 11) is 0. The second kappa shape index (κ2) is 5.53. The van der Waals surface area contributed by atoms with Gasteiger partial charge in [-0.2, -0.15) is 0 Å². The van der Waals surface area contributed by atoms with Crippen molar-refractivity contribution in [3.63, 3.8) is 0 Å². The predicted molar refractivity (Wildman–Crippen MR) is 60.5 cm³/mol. The molecule has 2 N–H and O–H groups in total. The molecule has 3 nitrogen and oxygen atoms in total. The summed E-state index contributed by atoms with van der Waals surface area (Å²) in [5, 5.41) is 0. The van der Waals surface area contributed by atoms with Crippen molar-refractivity contribution in [2.75, 3.05) is 32.8 Å². The number of rotatable bonds is 3. The number of nitrogens with zero attached hydrogens (tertiary/aromatic N) is 1. The summed E-state index contributed by atoms with van der Waals surface area (Å²) in [6, 6.07) is 3.41. The van der Waals surface area contributed by atoms with Gasteiger partial charge in [-0.25, -0.2) is 8.78 Å². The molecule has 1 atom stereocenters. The molecular formula is C12H16F2N2O. The van der Waals surface area contributed by atoms with Crippen molar-refractivity contribution in [2.45, 2.75) is 6.04 Å². The van der Waals surface area contributed by atoms with Gasteiger partial charge < -0.3 is 10.5 Å². The Balaban J connectivity index is 2.21. The maximum atomic E-state index is 13.2. The molecule has 1 aliphatic heterocycles. The molecule has 1 aliphatic rings. The van der Waals surface area contributed by atoms with Gasteiger partial charge in [-0.15, -0.1) is 0 Å². The quantitative estimate of drug-likeness (QED) is 0.868. The van der Waals surface area contributed by atoms with E-state index >= 15 is 0 Å². The first-order chi connectivity index (χ1) is 8.20. The van der Waals surface area contributed by atoms with E-state index in [0.29, 0.717) is 25.3 Å². The molecule has 0 amide bonds. The largest absolute Gasteiger partial charge is 0.379 e. The van der Waals surface area contributed by atoms with Crippen molar-refractivity contribution in [1.29, 1.82) is 0 Å². The van der Waals surface area contributed by atoms with Gasteiger partial charge in [-0.3, -0.25) is 4.90 Å². The molecule has 1 saturated heterocycles. The molecule has 0 bridgehead atoms. The number of hydrogen-bond acceptors (Lipinski definition) is 3. The SMILES string of the molecule is NCC(c1cc(F)cc(F)c1)N1CCOCC1. The molecule has 2 rings (SSSR count). The van der Waals surface area contributed by atoms with Crippen LogP contribution in [0.3, 0.4) is 0 Å². The lowest BCUT2D eigenvalue weighted by molar-refractivity contribution is 0.0178. The van der Waals surface area contributed by atoms with Crippen LogP contribution in [0.2, 0.25) is 0 Å². The van der Waals surface area contributed by atoms with Crippen LogP contribution in [0.15, 0.2) is 18.2 Å². The summed E-state index contributed by atoms with van der Waals surface area (Å²) < 4.78 is 31.6. The smallest absolute Gasteiger partial charge is 0.126 e. The molecule has 0 saturated carbocycles. The third kappa shape index (κ3) is 3.00. The van der Waals surface area contributed by atoms with Gasteiger partial charge in [0.15, 0.2) is 0 Å². The maximum Gasteiger partial charge on any atom is 0.126 e. The standard InChI is InChI=1S/C12H16F2N2O/c13-10-5-9(6-11(14)7-10)12(8-15)16-1-3-17-4-2-16/h5-7,12H,1-4,8,15H2. The van der Waals surface area contributed by atoms with E-state index in [0.717, 1.165) is 19.2 Å². The Morgan fingerprint density at radius 3 is 2.29 bits per heavy atom. The van der Waals surface area contributed by atoms with Crippen LogP contribution in [-0.2, 0) is 4.74 Å². The predicted octanol–water partition coefficient (Wildman–Crippen LogP) is 1.30. The second-order valence-electron chi connectivity index (χ2n) is 4.10. The van der Waals surface area contributed by atoms with Crippen LogP contribution in [0.5, 0.6) is 0 Å². The van der Waals surface area contributed by atoms with Gasteiger partial charge in [0.05, 0.1) is 13.2 Å². The Bertz CT molecular complexity index is 361. The average molecular weight is 242 g/mol. The first-order valence-corrected chi connectivity index (χ1v) is 5.68. The van der Waals surface area contributed by atoms with Gasteiger partial charge in [0, 0.05) is 31.7 Å². The summed E-state index contributed by atoms with van der Waals surface area (Å²) in [6.45, 7) is 3.07. The molecule has 1 unspecified atom stereocenters. The van der Waals surface area contributed by atoms with Crippen molar-refractivity contribution in [3.8, 4) is 0 Å². The highest BCUT2D eigenvalue weighted by molar-refractivity contribution is 5.22. The van der Waals surface area contributed by atoms with Crippen molar-refractivity contribution in [2.24, 2.45) is 5.73 Å². The Labute approximate surface area is 99.2 Å². The van der Waals surface area contributed by atoms with E-state index in [-0.39, 0.29) is 6.04 Å². The van der Waals surface area contributed by atoms with Gasteiger partial charge in [0.2, 0.25) is 0 Å². The van der Waals surface area contributed by atoms with Crippen LogP contribution in [0.25, 0.3) is 0 Å². The third-order valence-electron chi connectivity index (χ3n) is 2.98. The summed E-state index contributed by atoms with van der Waals surface area (Å²) >= 11 is 0. The molecule has 0 aliphatic carbocycles. The van der Waals surface area contributed by atoms with Gasteiger partial charge in [-0.1, -0.05) is 0 Å². The van der Waals surface area contributed by atoms with E-state index < -0.39 is 11.6 Å². The van der Waals surface area contributed by atoms with Crippen LogP contribution in [0, 0.1) is 11.6 Å². The Kier molecular flexibility index (Phi) is 4.04. The zero-order valence-electron chi connectivity index (χ0n) is 9.53. The van der Waals surface area contributed by atoms with Crippen LogP contribution >= 0.6 is 0 Å². The number of morpholine rings is 1. The number of hydrogen-bond donors (Lipinski definition) is 1. The maximum absolute atomic E-state index is 13.2. The average Bonchev–Trinajstić information content (AvgIpc) is 2.30. The van der Waals surface area contributed by atoms with E-state index in [9.17, 15) is 8.78 Å². The minimum absolute atomic E-state index is 0.149. The number of halogens is 2. The highest BCUT2D eigenvalue weighted by atomic mass is 19.1. The van der Waals surface area contributed by atoms with Crippen LogP contribution < -0.4 is 5.73 Å². The molecule has 0 radical (unpaired) electrons. The second-order valence-corrected chi connectivity index (χ2v) is 4.10. The monoisotopic (exact) mass is 242 g/mol. The first-order valence-electron chi connectivity index (χ1n) is 5.68. The highest BCUT2D eigenvalue weighted by Gasteiger charge is 2.22. The molecule has 1 heterocycles. The molecule has 1 aromatic carbocycles. The molecule has 94 valence electrons. The Morgan fingerprint density at radius 1 is 1.18 bits per heavy atom. The molecule has 1 fully saturated rings. The molecule has 0 aromatic heterocycles. The zero-order valence-corrected chi connectivity index (χ0v) is 9.53. The first kappa shape index (κ1) is 12.4. The normalized spacial score (nSPS) is 19.2. The van der Waals surface area contributed by atoms with Crippen molar-refractivity contribution in [1.82, 2.24) is 4.90 Å². The number of ether oxygens (including phenoxy) is 1. The van der Waals surface area contributed by atoms with Crippen molar-refractivity contribution >= 4 is 0 Å². The number of benzene rings is 1. The van der Waals surface area contributed by atoms with Crippen LogP contribution in [0.1, 0.15) is 11.6 Å². The summed E-state index contributed by atoms with van der Waals surface area (Å²) in [5.74, 6) is -1.13. The molecule has 17 heavy (non-hydrogen) atoms. The van der Waals surface area contributed by atoms with Gasteiger partial charge in [0.25, 0.3) is 0 Å². The lowest BCUT2D eigenvalue weighted by Crippen LogP contribution is -2.41. The fourth-order valence-electron chi connectivity index (χ4n) is 2.15. The van der Waals surface area contributed by atoms with Gasteiger partial charge >= 0.3 is 0 Å². The van der Waals surface area contributed by atoms with Crippen molar-refractivity contribution < 1.29 is 13.5 Å². The molecule has 1 aromatic rings. The van der Waals surface area contributed by atoms with Crippen LogP contribution in [0.4, 0.5) is 8.78 Å². The fraction of sp³-hybridized carbons (Fsp3) is 0.500. The van der Waals surface area contributed by atoms with E-state index in [2.05, 4.69) is 4.90 Å². The molecule has 0 spiro atoms. The third-order valence-corrected chi connectivity index (χ3v) is 2.98. The Morgan fingerprint density at radius 2 is 1.76 bits per heavy atom. The molecular weight excluding hydrogens is 226 g/mol. The van der Waals surface area contributed by atoms with E-state index in [4.69, 9.17) is 10.5 Å². The van der Waals surface area contributed by atoms with E-state index in [1.807, 2.05) is 0 Å². The summed E-state index contributed by atoms with van der Waals surface area (Å²) in [5.41, 5.74) is 6.30. The minimum Gasteiger partial charge on any atom is -0.379 e. The topological polar surface area (TPSA) is 38.5 Å². The minimum atomic E-state index is -0.563. The zero-order chi connectivity index (χ0) is 12.3. The van der Waals surface area contributed by atoms with Gasteiger partial charge in [0.1, 0.15) is 11.6 Å². The summed E-state index contributed by atoms with van der Waals surface area (Å²) in [6.07, 6.45) is 0. The van der Waals surface area contributed by atoms with Gasteiger partial charge in [-0.05, 0) is 17.7 Å². The van der Waals surface area contributed by atoms with E-state index in [1.54, 1.807) is 0 Å². The Hall–Kier alpha value is -1.04. The summed E-state index contributed by atoms with van der Waals surface area (Å²) in [4.78, 5) is 2.09. The molecule has 5 heteroatoms. The lowest BCUT2D eigenvalue weighted by Gasteiger charge is -2.34.